The molecule has 3 rings (SSSR count). The second-order valence-electron chi connectivity index (χ2n) is 6.08. The Bertz CT molecular complexity index is 883. The lowest BCUT2D eigenvalue weighted by molar-refractivity contribution is -0.117. The van der Waals surface area contributed by atoms with Gasteiger partial charge < -0.3 is 14.8 Å². The van der Waals surface area contributed by atoms with E-state index in [4.69, 9.17) is 9.47 Å². The number of benzene rings is 2. The van der Waals surface area contributed by atoms with Crippen molar-refractivity contribution in [3.05, 3.63) is 84.2 Å². The van der Waals surface area contributed by atoms with E-state index in [-0.39, 0.29) is 11.8 Å². The Morgan fingerprint density at radius 3 is 2.41 bits per heavy atom. The fourth-order valence-corrected chi connectivity index (χ4v) is 2.92. The Labute approximate surface area is 159 Å². The van der Waals surface area contributed by atoms with Gasteiger partial charge in [-0.3, -0.25) is 9.78 Å². The van der Waals surface area contributed by atoms with Gasteiger partial charge in [0.1, 0.15) is 11.5 Å². The highest BCUT2D eigenvalue weighted by atomic mass is 16.5. The van der Waals surface area contributed by atoms with Crippen molar-refractivity contribution < 1.29 is 14.3 Å². The number of pyridine rings is 1. The van der Waals surface area contributed by atoms with Crippen molar-refractivity contribution >= 4 is 11.6 Å². The van der Waals surface area contributed by atoms with Gasteiger partial charge in [-0.1, -0.05) is 30.3 Å². The Morgan fingerprint density at radius 2 is 1.74 bits per heavy atom. The highest BCUT2D eigenvalue weighted by molar-refractivity contribution is 5.97. The molecule has 2 aromatic carbocycles. The van der Waals surface area contributed by atoms with Crippen LogP contribution in [0.2, 0.25) is 0 Å². The van der Waals surface area contributed by atoms with Crippen LogP contribution in [0.3, 0.4) is 0 Å². The number of ether oxygens (including phenoxy) is 2. The second-order valence-corrected chi connectivity index (χ2v) is 6.08. The number of hydrogen-bond acceptors (Lipinski definition) is 4. The standard InChI is InChI=1S/C22H22N2O3/c1-26-18-8-9-20(21(15-18)27-2)24-22(25)19(17-6-4-3-5-7-17)14-16-10-12-23-13-11-16/h3-13,15,19H,14H2,1-2H3,(H,24,25). The molecule has 1 atom stereocenters. The zero-order valence-corrected chi connectivity index (χ0v) is 15.4. The number of amides is 1. The molecule has 5 nitrogen and oxygen atoms in total. The lowest BCUT2D eigenvalue weighted by atomic mass is 9.91. The third kappa shape index (κ3) is 4.64. The average Bonchev–Trinajstić information content (AvgIpc) is 2.73. The molecule has 1 aromatic heterocycles. The highest BCUT2D eigenvalue weighted by Gasteiger charge is 2.22. The first kappa shape index (κ1) is 18.5. The summed E-state index contributed by atoms with van der Waals surface area (Å²) in [6.45, 7) is 0. The fourth-order valence-electron chi connectivity index (χ4n) is 2.92. The minimum Gasteiger partial charge on any atom is -0.497 e. The summed E-state index contributed by atoms with van der Waals surface area (Å²) in [6.07, 6.45) is 4.06. The van der Waals surface area contributed by atoms with Crippen LogP contribution in [0, 0.1) is 0 Å². The molecule has 0 radical (unpaired) electrons. The Kier molecular flexibility index (Phi) is 6.05. The van der Waals surface area contributed by atoms with Crippen molar-refractivity contribution in [1.29, 1.82) is 0 Å². The first-order valence-electron chi connectivity index (χ1n) is 8.68. The third-order valence-corrected chi connectivity index (χ3v) is 4.37. The van der Waals surface area contributed by atoms with Crippen LogP contribution in [0.5, 0.6) is 11.5 Å². The molecule has 5 heteroatoms. The van der Waals surface area contributed by atoms with Gasteiger partial charge in [-0.15, -0.1) is 0 Å². The molecule has 0 bridgehead atoms. The molecular weight excluding hydrogens is 340 g/mol. The van der Waals surface area contributed by atoms with Gasteiger partial charge in [-0.05, 0) is 41.8 Å². The SMILES string of the molecule is COc1ccc(NC(=O)C(Cc2ccncc2)c2ccccc2)c(OC)c1. The summed E-state index contributed by atoms with van der Waals surface area (Å²) in [6, 6.07) is 18.9. The maximum atomic E-state index is 13.1. The molecule has 1 amide bonds. The van der Waals surface area contributed by atoms with Crippen LogP contribution in [0.1, 0.15) is 17.0 Å². The first-order chi connectivity index (χ1) is 13.2. The maximum absolute atomic E-state index is 13.1. The molecule has 1 heterocycles. The molecule has 0 aliphatic heterocycles. The van der Waals surface area contributed by atoms with Crippen LogP contribution in [0.15, 0.2) is 73.1 Å². The molecular formula is C22H22N2O3. The van der Waals surface area contributed by atoms with Gasteiger partial charge >= 0.3 is 0 Å². The van der Waals surface area contributed by atoms with Gasteiger partial charge in [-0.25, -0.2) is 0 Å². The zero-order valence-electron chi connectivity index (χ0n) is 15.4. The molecule has 27 heavy (non-hydrogen) atoms. The number of rotatable bonds is 7. The lowest BCUT2D eigenvalue weighted by Crippen LogP contribution is -2.23. The summed E-state index contributed by atoms with van der Waals surface area (Å²) in [7, 11) is 3.16. The van der Waals surface area contributed by atoms with Crippen LogP contribution in [0.25, 0.3) is 0 Å². The van der Waals surface area contributed by atoms with Gasteiger partial charge in [0.2, 0.25) is 5.91 Å². The van der Waals surface area contributed by atoms with Gasteiger partial charge in [0.05, 0.1) is 25.8 Å². The monoisotopic (exact) mass is 362 g/mol. The van der Waals surface area contributed by atoms with E-state index in [1.54, 1.807) is 44.8 Å². The number of carbonyl (C=O) groups is 1. The molecule has 138 valence electrons. The van der Waals surface area contributed by atoms with E-state index < -0.39 is 0 Å². The van der Waals surface area contributed by atoms with Gasteiger partial charge in [0.25, 0.3) is 0 Å². The average molecular weight is 362 g/mol. The van der Waals surface area contributed by atoms with Crippen molar-refractivity contribution in [2.24, 2.45) is 0 Å². The summed E-state index contributed by atoms with van der Waals surface area (Å²) >= 11 is 0. The van der Waals surface area contributed by atoms with E-state index in [1.807, 2.05) is 42.5 Å². The molecule has 0 spiro atoms. The van der Waals surface area contributed by atoms with E-state index in [9.17, 15) is 4.79 Å². The molecule has 3 aromatic rings. The molecule has 0 fully saturated rings. The van der Waals surface area contributed by atoms with Crippen molar-refractivity contribution in [2.75, 3.05) is 19.5 Å². The largest absolute Gasteiger partial charge is 0.497 e. The predicted molar refractivity (Wildman–Crippen MR) is 105 cm³/mol. The van der Waals surface area contributed by atoms with Crippen LogP contribution >= 0.6 is 0 Å². The Hall–Kier alpha value is -3.34. The highest BCUT2D eigenvalue weighted by Crippen LogP contribution is 2.31. The van der Waals surface area contributed by atoms with E-state index in [1.165, 1.54) is 0 Å². The summed E-state index contributed by atoms with van der Waals surface area (Å²) < 4.78 is 10.6. The Balaban J connectivity index is 1.87. The fraction of sp³-hybridized carbons (Fsp3) is 0.182. The zero-order chi connectivity index (χ0) is 19.1. The van der Waals surface area contributed by atoms with Crippen molar-refractivity contribution in [2.45, 2.75) is 12.3 Å². The number of methoxy groups -OCH3 is 2. The molecule has 0 aliphatic rings. The quantitative estimate of drug-likeness (QED) is 0.688. The van der Waals surface area contributed by atoms with Crippen molar-refractivity contribution in [3.8, 4) is 11.5 Å². The minimum absolute atomic E-state index is 0.0959. The molecule has 0 saturated carbocycles. The second kappa shape index (κ2) is 8.85. The van der Waals surface area contributed by atoms with Crippen molar-refractivity contribution in [3.63, 3.8) is 0 Å². The van der Waals surface area contributed by atoms with E-state index in [0.29, 0.717) is 23.6 Å². The number of aromatic nitrogens is 1. The maximum Gasteiger partial charge on any atom is 0.232 e. The number of nitrogens with one attached hydrogen (secondary N) is 1. The summed E-state index contributed by atoms with van der Waals surface area (Å²) in [5, 5.41) is 3.00. The minimum atomic E-state index is -0.333. The van der Waals surface area contributed by atoms with E-state index in [0.717, 1.165) is 11.1 Å². The first-order valence-corrected chi connectivity index (χ1v) is 8.68. The third-order valence-electron chi connectivity index (χ3n) is 4.37. The molecule has 1 N–H and O–H groups in total. The smallest absolute Gasteiger partial charge is 0.232 e. The summed E-state index contributed by atoms with van der Waals surface area (Å²) in [5.74, 6) is 0.793. The summed E-state index contributed by atoms with van der Waals surface area (Å²) in [4.78, 5) is 17.2. The number of hydrogen-bond donors (Lipinski definition) is 1. The van der Waals surface area contributed by atoms with Crippen LogP contribution in [-0.2, 0) is 11.2 Å². The topological polar surface area (TPSA) is 60.5 Å². The van der Waals surface area contributed by atoms with E-state index in [2.05, 4.69) is 10.3 Å². The van der Waals surface area contributed by atoms with Crippen LogP contribution in [0.4, 0.5) is 5.69 Å². The van der Waals surface area contributed by atoms with Crippen LogP contribution in [-0.4, -0.2) is 25.1 Å². The van der Waals surface area contributed by atoms with Crippen molar-refractivity contribution in [1.82, 2.24) is 4.98 Å². The van der Waals surface area contributed by atoms with Crippen LogP contribution < -0.4 is 14.8 Å². The molecule has 0 saturated heterocycles. The van der Waals surface area contributed by atoms with Gasteiger partial charge in [-0.2, -0.15) is 0 Å². The molecule has 0 aliphatic carbocycles. The predicted octanol–water partition coefficient (Wildman–Crippen LogP) is 4.06. The number of carbonyl (C=O) groups excluding carboxylic acids is 1. The van der Waals surface area contributed by atoms with E-state index >= 15 is 0 Å². The lowest BCUT2D eigenvalue weighted by Gasteiger charge is -2.19. The van der Waals surface area contributed by atoms with Gasteiger partial charge in [0, 0.05) is 18.5 Å². The molecule has 1 unspecified atom stereocenters. The normalized spacial score (nSPS) is 11.5. The Morgan fingerprint density at radius 1 is 1.00 bits per heavy atom. The summed E-state index contributed by atoms with van der Waals surface area (Å²) in [5.41, 5.74) is 2.62. The number of nitrogens with zero attached hydrogens (tertiary/aromatic N) is 1. The number of anilines is 1. The van der Waals surface area contributed by atoms with Gasteiger partial charge in [0.15, 0.2) is 0 Å².